The molecule has 3 fully saturated rings. The number of carbonyl (C=O) groups excluding carboxylic acids is 2. The van der Waals surface area contributed by atoms with E-state index in [1.807, 2.05) is 25.2 Å². The van der Waals surface area contributed by atoms with E-state index in [2.05, 4.69) is 10.00 Å². The second-order valence-corrected chi connectivity index (χ2v) is 7.71. The van der Waals surface area contributed by atoms with Crippen molar-refractivity contribution in [3.8, 4) is 0 Å². The third-order valence-electron chi connectivity index (χ3n) is 6.01. The van der Waals surface area contributed by atoms with Gasteiger partial charge in [-0.2, -0.15) is 5.10 Å². The lowest BCUT2D eigenvalue weighted by Gasteiger charge is -2.46. The highest BCUT2D eigenvalue weighted by molar-refractivity contribution is 5.95. The summed E-state index contributed by atoms with van der Waals surface area (Å²) in [5.41, 5.74) is 0.558. The Hall–Kier alpha value is -1.96. The lowest BCUT2D eigenvalue weighted by atomic mass is 9.82. The number of hydrogen-bond donors (Lipinski definition) is 0. The number of aromatic nitrogens is 2. The standard InChI is InChI=1S/C17H24FN5O2/c1-20-9-15(24)23(14-7-19-21(2)8-14)11-17(20)3-4-22(10-17)16(25)12-5-13(18)6-12/h7-8,12-13H,3-6,9-11H2,1-2H3/t12?,13?,17-/m0/s1. The van der Waals surface area contributed by atoms with Gasteiger partial charge in [-0.1, -0.05) is 0 Å². The van der Waals surface area contributed by atoms with Crippen molar-refractivity contribution in [2.24, 2.45) is 13.0 Å². The summed E-state index contributed by atoms with van der Waals surface area (Å²) < 4.78 is 14.8. The van der Waals surface area contributed by atoms with Crippen LogP contribution in [0, 0.1) is 5.92 Å². The molecule has 1 aromatic rings. The van der Waals surface area contributed by atoms with Gasteiger partial charge in [0.2, 0.25) is 11.8 Å². The summed E-state index contributed by atoms with van der Waals surface area (Å²) in [5, 5.41) is 4.16. The highest BCUT2D eigenvalue weighted by Gasteiger charge is 2.50. The van der Waals surface area contributed by atoms with Crippen LogP contribution in [0.1, 0.15) is 19.3 Å². The molecule has 1 aromatic heterocycles. The van der Waals surface area contributed by atoms with Crippen molar-refractivity contribution in [2.45, 2.75) is 31.0 Å². The number of aryl methyl sites for hydroxylation is 1. The molecule has 2 aliphatic heterocycles. The first-order valence-electron chi connectivity index (χ1n) is 8.81. The Morgan fingerprint density at radius 3 is 2.72 bits per heavy atom. The van der Waals surface area contributed by atoms with Gasteiger partial charge in [-0.15, -0.1) is 0 Å². The largest absolute Gasteiger partial charge is 0.340 e. The molecular formula is C17H24FN5O2. The molecule has 7 nitrogen and oxygen atoms in total. The minimum atomic E-state index is -0.818. The normalized spacial score (nSPS) is 33.2. The Bertz CT molecular complexity index is 701. The van der Waals surface area contributed by atoms with Gasteiger partial charge in [0.15, 0.2) is 0 Å². The topological polar surface area (TPSA) is 61.7 Å². The lowest BCUT2D eigenvalue weighted by Crippen LogP contribution is -2.64. The lowest BCUT2D eigenvalue weighted by molar-refractivity contribution is -0.140. The molecule has 0 unspecified atom stereocenters. The molecule has 136 valence electrons. The van der Waals surface area contributed by atoms with Crippen molar-refractivity contribution < 1.29 is 14.0 Å². The fourth-order valence-corrected chi connectivity index (χ4v) is 4.24. The number of amides is 2. The number of rotatable bonds is 2. The van der Waals surface area contributed by atoms with E-state index in [1.54, 1.807) is 15.8 Å². The molecule has 0 aromatic carbocycles. The van der Waals surface area contributed by atoms with Crippen LogP contribution < -0.4 is 4.90 Å². The summed E-state index contributed by atoms with van der Waals surface area (Å²) in [4.78, 5) is 30.8. The maximum absolute atomic E-state index is 13.1. The maximum atomic E-state index is 13.1. The molecule has 25 heavy (non-hydrogen) atoms. The molecule has 1 atom stereocenters. The van der Waals surface area contributed by atoms with Crippen molar-refractivity contribution in [1.82, 2.24) is 19.6 Å². The number of hydrogen-bond acceptors (Lipinski definition) is 4. The molecule has 1 aliphatic carbocycles. The fraction of sp³-hybridized carbons (Fsp3) is 0.706. The predicted molar refractivity (Wildman–Crippen MR) is 89.7 cm³/mol. The molecular weight excluding hydrogens is 325 g/mol. The van der Waals surface area contributed by atoms with Crippen molar-refractivity contribution >= 4 is 17.5 Å². The van der Waals surface area contributed by atoms with Gasteiger partial charge in [0, 0.05) is 38.8 Å². The minimum Gasteiger partial charge on any atom is -0.340 e. The van der Waals surface area contributed by atoms with Gasteiger partial charge >= 0.3 is 0 Å². The predicted octanol–water partition coefficient (Wildman–Crippen LogP) is 0.418. The monoisotopic (exact) mass is 349 g/mol. The Labute approximate surface area is 146 Å². The first-order valence-corrected chi connectivity index (χ1v) is 8.81. The number of piperazine rings is 1. The van der Waals surface area contributed by atoms with E-state index in [-0.39, 0.29) is 23.3 Å². The van der Waals surface area contributed by atoms with Crippen LogP contribution in [-0.4, -0.2) is 76.3 Å². The molecule has 0 radical (unpaired) electrons. The molecule has 0 bridgehead atoms. The van der Waals surface area contributed by atoms with E-state index < -0.39 is 6.17 Å². The molecule has 2 amide bonds. The van der Waals surface area contributed by atoms with Gasteiger partial charge < -0.3 is 9.80 Å². The number of likely N-dealkylation sites (N-methyl/N-ethyl adjacent to an activating group) is 1. The fourth-order valence-electron chi connectivity index (χ4n) is 4.24. The maximum Gasteiger partial charge on any atom is 0.241 e. The van der Waals surface area contributed by atoms with Crippen molar-refractivity contribution in [1.29, 1.82) is 0 Å². The van der Waals surface area contributed by atoms with E-state index in [0.717, 1.165) is 12.1 Å². The highest BCUT2D eigenvalue weighted by atomic mass is 19.1. The van der Waals surface area contributed by atoms with Crippen LogP contribution in [0.2, 0.25) is 0 Å². The van der Waals surface area contributed by atoms with Crippen LogP contribution in [0.4, 0.5) is 10.1 Å². The summed E-state index contributed by atoms with van der Waals surface area (Å²) in [5.74, 6) is -0.0377. The van der Waals surface area contributed by atoms with Gasteiger partial charge in [-0.05, 0) is 26.3 Å². The van der Waals surface area contributed by atoms with Crippen LogP contribution in [0.25, 0.3) is 0 Å². The molecule has 3 aliphatic rings. The van der Waals surface area contributed by atoms with Crippen molar-refractivity contribution in [3.63, 3.8) is 0 Å². The zero-order valence-electron chi connectivity index (χ0n) is 14.7. The Kier molecular flexibility index (Phi) is 3.82. The van der Waals surface area contributed by atoms with E-state index in [9.17, 15) is 14.0 Å². The van der Waals surface area contributed by atoms with Crippen LogP contribution in [-0.2, 0) is 16.6 Å². The number of nitrogens with zero attached hydrogens (tertiary/aromatic N) is 5. The van der Waals surface area contributed by atoms with Gasteiger partial charge in [0.25, 0.3) is 0 Å². The molecule has 0 N–H and O–H groups in total. The Morgan fingerprint density at radius 2 is 2.08 bits per heavy atom. The summed E-state index contributed by atoms with van der Waals surface area (Å²) in [6, 6.07) is 0. The van der Waals surface area contributed by atoms with E-state index >= 15 is 0 Å². The average molecular weight is 349 g/mol. The third-order valence-corrected chi connectivity index (χ3v) is 6.01. The number of anilines is 1. The smallest absolute Gasteiger partial charge is 0.241 e. The minimum absolute atomic E-state index is 0.0464. The van der Waals surface area contributed by atoms with E-state index in [1.165, 1.54) is 0 Å². The molecule has 1 saturated carbocycles. The zero-order chi connectivity index (χ0) is 17.8. The van der Waals surface area contributed by atoms with Crippen LogP contribution in [0.15, 0.2) is 12.4 Å². The highest BCUT2D eigenvalue weighted by Crippen LogP contribution is 2.37. The van der Waals surface area contributed by atoms with Gasteiger partial charge in [-0.3, -0.25) is 19.2 Å². The number of likely N-dealkylation sites (tertiary alicyclic amines) is 1. The van der Waals surface area contributed by atoms with Crippen LogP contribution >= 0.6 is 0 Å². The van der Waals surface area contributed by atoms with Gasteiger partial charge in [-0.25, -0.2) is 4.39 Å². The number of carbonyl (C=O) groups is 2. The van der Waals surface area contributed by atoms with E-state index in [0.29, 0.717) is 39.0 Å². The van der Waals surface area contributed by atoms with Gasteiger partial charge in [0.1, 0.15) is 6.17 Å². The second kappa shape index (κ2) is 5.79. The third kappa shape index (κ3) is 2.72. The van der Waals surface area contributed by atoms with Crippen LogP contribution in [0.3, 0.4) is 0 Å². The molecule has 3 heterocycles. The quantitative estimate of drug-likeness (QED) is 0.776. The molecule has 8 heteroatoms. The Balaban J connectivity index is 1.50. The SMILES string of the molecule is CN1CC(=O)N(c2cnn(C)c2)C[C@@]12CCN(C(=O)C1CC(F)C1)C2. The first kappa shape index (κ1) is 16.5. The summed E-state index contributed by atoms with van der Waals surface area (Å²) in [6.45, 7) is 2.15. The van der Waals surface area contributed by atoms with Crippen LogP contribution in [0.5, 0.6) is 0 Å². The second-order valence-electron chi connectivity index (χ2n) is 7.71. The van der Waals surface area contributed by atoms with Crippen molar-refractivity contribution in [2.75, 3.05) is 38.1 Å². The summed E-state index contributed by atoms with van der Waals surface area (Å²) in [7, 11) is 3.78. The summed E-state index contributed by atoms with van der Waals surface area (Å²) >= 11 is 0. The molecule has 2 saturated heterocycles. The Morgan fingerprint density at radius 1 is 1.32 bits per heavy atom. The number of alkyl halides is 1. The summed E-state index contributed by atoms with van der Waals surface area (Å²) in [6.07, 6.45) is 4.26. The molecule has 4 rings (SSSR count). The first-order chi connectivity index (χ1) is 11.9. The van der Waals surface area contributed by atoms with Crippen molar-refractivity contribution in [3.05, 3.63) is 12.4 Å². The average Bonchev–Trinajstić information content (AvgIpc) is 3.15. The number of halogens is 1. The van der Waals surface area contributed by atoms with E-state index in [4.69, 9.17) is 0 Å². The molecule has 1 spiro atoms. The zero-order valence-corrected chi connectivity index (χ0v) is 14.7. The van der Waals surface area contributed by atoms with Gasteiger partial charge in [0.05, 0.1) is 24.0 Å².